The third-order valence-corrected chi connectivity index (χ3v) is 4.77. The summed E-state index contributed by atoms with van der Waals surface area (Å²) in [4.78, 5) is 1.20. The summed E-state index contributed by atoms with van der Waals surface area (Å²) in [6, 6.07) is 6.42. The molecule has 0 bridgehead atoms. The molecule has 3 nitrogen and oxygen atoms in total. The van der Waals surface area contributed by atoms with Gasteiger partial charge in [0.15, 0.2) is 4.34 Å². The number of nitrogens with zero attached hydrogens (tertiary/aromatic N) is 2. The molecule has 0 spiro atoms. The quantitative estimate of drug-likeness (QED) is 0.920. The Bertz CT molecular complexity index is 540. The van der Waals surface area contributed by atoms with E-state index in [4.69, 9.17) is 5.73 Å². The predicted octanol–water partition coefficient (Wildman–Crippen LogP) is 3.65. The summed E-state index contributed by atoms with van der Waals surface area (Å²) in [5, 5.41) is 9.17. The predicted molar refractivity (Wildman–Crippen MR) is 80.3 cm³/mol. The topological polar surface area (TPSA) is 51.8 Å². The Labute approximate surface area is 123 Å². The molecule has 6 heteroatoms. The van der Waals surface area contributed by atoms with Crippen LogP contribution in [-0.4, -0.2) is 16.2 Å². The van der Waals surface area contributed by atoms with Crippen LogP contribution in [0, 0.1) is 6.92 Å². The largest absolute Gasteiger partial charge is 0.328 e. The zero-order chi connectivity index (χ0) is 13.1. The molecule has 1 atom stereocenters. The first-order chi connectivity index (χ1) is 8.54. The molecule has 0 aliphatic rings. The van der Waals surface area contributed by atoms with Crippen molar-refractivity contribution in [2.45, 2.75) is 35.5 Å². The number of halogens is 1. The van der Waals surface area contributed by atoms with Gasteiger partial charge in [-0.25, -0.2) is 0 Å². The van der Waals surface area contributed by atoms with Crippen molar-refractivity contribution in [1.82, 2.24) is 10.2 Å². The maximum absolute atomic E-state index is 5.89. The summed E-state index contributed by atoms with van der Waals surface area (Å²) in [6.07, 6.45) is 0.861. The molecule has 1 aromatic heterocycles. The number of rotatable bonds is 4. The van der Waals surface area contributed by atoms with Gasteiger partial charge in [0.1, 0.15) is 5.01 Å². The molecular weight excluding hydrogens is 330 g/mol. The molecule has 1 heterocycles. The van der Waals surface area contributed by atoms with Gasteiger partial charge in [-0.05, 0) is 44.0 Å². The smallest absolute Gasteiger partial charge is 0.179 e. The molecule has 96 valence electrons. The van der Waals surface area contributed by atoms with Crippen molar-refractivity contribution in [2.75, 3.05) is 0 Å². The summed E-state index contributed by atoms with van der Waals surface area (Å²) < 4.78 is 2.05. The number of aromatic nitrogens is 2. The van der Waals surface area contributed by atoms with Gasteiger partial charge in [0.25, 0.3) is 0 Å². The normalized spacial score (nSPS) is 12.7. The minimum Gasteiger partial charge on any atom is -0.328 e. The number of nitrogens with two attached hydrogens (primary N) is 1. The van der Waals surface area contributed by atoms with Crippen LogP contribution in [0.2, 0.25) is 0 Å². The highest BCUT2D eigenvalue weighted by molar-refractivity contribution is 9.10. The van der Waals surface area contributed by atoms with E-state index in [0.29, 0.717) is 0 Å². The molecular formula is C12H14BrN3S2. The van der Waals surface area contributed by atoms with Crippen molar-refractivity contribution >= 4 is 39.0 Å². The second kappa shape index (κ2) is 6.14. The van der Waals surface area contributed by atoms with Gasteiger partial charge < -0.3 is 5.73 Å². The first-order valence-corrected chi connectivity index (χ1v) is 7.99. The Morgan fingerprint density at radius 3 is 2.83 bits per heavy atom. The molecule has 0 saturated carbocycles. The lowest BCUT2D eigenvalue weighted by Crippen LogP contribution is -2.18. The van der Waals surface area contributed by atoms with E-state index in [0.717, 1.165) is 20.2 Å². The molecule has 2 rings (SSSR count). The molecule has 0 saturated heterocycles. The first kappa shape index (κ1) is 14.0. The molecule has 1 aromatic carbocycles. The van der Waals surface area contributed by atoms with Crippen molar-refractivity contribution in [3.05, 3.63) is 33.2 Å². The average molecular weight is 344 g/mol. The van der Waals surface area contributed by atoms with Gasteiger partial charge in [-0.15, -0.1) is 10.2 Å². The fourth-order valence-electron chi connectivity index (χ4n) is 1.57. The highest BCUT2D eigenvalue weighted by Crippen LogP contribution is 2.34. The van der Waals surface area contributed by atoms with Crippen LogP contribution in [0.3, 0.4) is 0 Å². The Balaban J connectivity index is 2.26. The van der Waals surface area contributed by atoms with Gasteiger partial charge in [0.05, 0.1) is 0 Å². The highest BCUT2D eigenvalue weighted by Gasteiger charge is 2.10. The van der Waals surface area contributed by atoms with Crippen molar-refractivity contribution in [3.63, 3.8) is 0 Å². The van der Waals surface area contributed by atoms with E-state index in [9.17, 15) is 0 Å². The number of aryl methyl sites for hydroxylation is 1. The van der Waals surface area contributed by atoms with Crippen molar-refractivity contribution in [3.8, 4) is 0 Å². The lowest BCUT2D eigenvalue weighted by molar-refractivity contribution is 0.729. The van der Waals surface area contributed by atoms with E-state index in [1.54, 1.807) is 23.1 Å². The number of hydrogen-bond acceptors (Lipinski definition) is 5. The van der Waals surface area contributed by atoms with Gasteiger partial charge in [-0.1, -0.05) is 39.0 Å². The van der Waals surface area contributed by atoms with Crippen LogP contribution >= 0.6 is 39.0 Å². The van der Waals surface area contributed by atoms with Crippen molar-refractivity contribution in [2.24, 2.45) is 5.73 Å². The molecule has 18 heavy (non-hydrogen) atoms. The Morgan fingerprint density at radius 2 is 2.22 bits per heavy atom. The molecule has 0 amide bonds. The average Bonchev–Trinajstić information content (AvgIpc) is 2.67. The minimum atomic E-state index is 0.148. The third-order valence-electron chi connectivity index (χ3n) is 2.27. The van der Waals surface area contributed by atoms with Gasteiger partial charge in [0.2, 0.25) is 0 Å². The zero-order valence-corrected chi connectivity index (χ0v) is 13.4. The molecule has 2 N–H and O–H groups in total. The molecule has 0 aliphatic heterocycles. The molecule has 0 fully saturated rings. The van der Waals surface area contributed by atoms with E-state index < -0.39 is 0 Å². The Morgan fingerprint density at radius 1 is 1.44 bits per heavy atom. The SMILES string of the molecule is Cc1nnc(Sc2ccc(Br)cc2CC(C)N)s1. The molecule has 2 aromatic rings. The highest BCUT2D eigenvalue weighted by atomic mass is 79.9. The fraction of sp³-hybridized carbons (Fsp3) is 0.333. The lowest BCUT2D eigenvalue weighted by atomic mass is 10.1. The van der Waals surface area contributed by atoms with E-state index in [2.05, 4.69) is 38.3 Å². The second-order valence-electron chi connectivity index (χ2n) is 4.12. The van der Waals surface area contributed by atoms with Crippen LogP contribution in [0.5, 0.6) is 0 Å². The Hall–Kier alpha value is -0.430. The van der Waals surface area contributed by atoms with Crippen LogP contribution in [0.1, 0.15) is 17.5 Å². The van der Waals surface area contributed by atoms with E-state index >= 15 is 0 Å². The Kier molecular flexibility index (Phi) is 4.77. The number of hydrogen-bond donors (Lipinski definition) is 1. The lowest BCUT2D eigenvalue weighted by Gasteiger charge is -2.10. The zero-order valence-electron chi connectivity index (χ0n) is 10.2. The van der Waals surface area contributed by atoms with Gasteiger partial charge in [0, 0.05) is 15.4 Å². The summed E-state index contributed by atoms with van der Waals surface area (Å²) in [5.74, 6) is 0. The van der Waals surface area contributed by atoms with Crippen molar-refractivity contribution < 1.29 is 0 Å². The molecule has 0 aliphatic carbocycles. The van der Waals surface area contributed by atoms with E-state index in [1.165, 1.54) is 10.5 Å². The van der Waals surface area contributed by atoms with Crippen LogP contribution in [-0.2, 0) is 6.42 Å². The third kappa shape index (κ3) is 3.78. The monoisotopic (exact) mass is 343 g/mol. The fourth-order valence-corrected chi connectivity index (χ4v) is 3.87. The summed E-state index contributed by atoms with van der Waals surface area (Å²) in [7, 11) is 0. The summed E-state index contributed by atoms with van der Waals surface area (Å²) in [6.45, 7) is 3.98. The van der Waals surface area contributed by atoms with E-state index in [1.807, 2.05) is 19.9 Å². The number of benzene rings is 1. The van der Waals surface area contributed by atoms with Crippen LogP contribution in [0.15, 0.2) is 31.9 Å². The van der Waals surface area contributed by atoms with Crippen LogP contribution < -0.4 is 5.73 Å². The van der Waals surface area contributed by atoms with E-state index in [-0.39, 0.29) is 6.04 Å². The summed E-state index contributed by atoms with van der Waals surface area (Å²) >= 11 is 6.77. The second-order valence-corrected chi connectivity index (χ2v) is 7.51. The minimum absolute atomic E-state index is 0.148. The van der Waals surface area contributed by atoms with Crippen molar-refractivity contribution in [1.29, 1.82) is 0 Å². The van der Waals surface area contributed by atoms with Gasteiger partial charge in [-0.3, -0.25) is 0 Å². The standard InChI is InChI=1S/C12H14BrN3S2/c1-7(14)5-9-6-10(13)3-4-11(9)18-12-16-15-8(2)17-12/h3-4,6-7H,5,14H2,1-2H3. The summed E-state index contributed by atoms with van der Waals surface area (Å²) in [5.41, 5.74) is 7.14. The van der Waals surface area contributed by atoms with Gasteiger partial charge in [-0.2, -0.15) is 0 Å². The first-order valence-electron chi connectivity index (χ1n) is 5.56. The van der Waals surface area contributed by atoms with Crippen LogP contribution in [0.25, 0.3) is 0 Å². The molecule has 0 radical (unpaired) electrons. The maximum Gasteiger partial charge on any atom is 0.179 e. The van der Waals surface area contributed by atoms with Crippen LogP contribution in [0.4, 0.5) is 0 Å². The maximum atomic E-state index is 5.89. The van der Waals surface area contributed by atoms with Gasteiger partial charge >= 0.3 is 0 Å². The molecule has 1 unspecified atom stereocenters.